The fourth-order valence-electron chi connectivity index (χ4n) is 6.78. The molecule has 21 heteroatoms. The predicted molar refractivity (Wildman–Crippen MR) is 275 cm³/mol. The highest BCUT2D eigenvalue weighted by Gasteiger charge is 2.62. The maximum absolute atomic E-state index is 13.5. The summed E-state index contributed by atoms with van der Waals surface area (Å²) < 4.78 is 44.0. The number of aromatic amines is 1. The quantitative estimate of drug-likeness (QED) is 0.106. The number of nitrogens with one attached hydrogen (secondary N) is 1. The van der Waals surface area contributed by atoms with Crippen LogP contribution >= 0.6 is 0 Å². The van der Waals surface area contributed by atoms with E-state index in [9.17, 15) is 19.8 Å². The summed E-state index contributed by atoms with van der Waals surface area (Å²) in [4.78, 5) is 41.2. The van der Waals surface area contributed by atoms with Crippen LogP contribution in [0.25, 0.3) is 11.2 Å². The maximum atomic E-state index is 13.5. The van der Waals surface area contributed by atoms with Crippen molar-refractivity contribution in [2.24, 2.45) is 0 Å². The molecule has 0 amide bonds. The third-order valence-corrected chi connectivity index (χ3v) is 33.5. The Morgan fingerprint density at radius 3 is 1.49 bits per heavy atom. The second-order valence-electron chi connectivity index (χ2n) is 24.5. The third-order valence-electron chi connectivity index (χ3n) is 15.6. The van der Waals surface area contributed by atoms with Crippen molar-refractivity contribution < 1.29 is 37.4 Å². The average molecular weight is 1010 g/mol. The molecule has 0 spiro atoms. The molecule has 5 rings (SSSR count). The molecule has 0 saturated carbocycles. The molecule has 2 aliphatic heterocycles. The summed E-state index contributed by atoms with van der Waals surface area (Å²) in [7, 11) is -10.4. The number of imidazole rings is 1. The van der Waals surface area contributed by atoms with Crippen LogP contribution in [-0.4, -0.2) is 121 Å². The lowest BCUT2D eigenvalue weighted by Gasteiger charge is -2.42. The van der Waals surface area contributed by atoms with E-state index in [-0.39, 0.29) is 39.2 Å². The van der Waals surface area contributed by atoms with Gasteiger partial charge < -0.3 is 43.1 Å². The first-order valence-corrected chi connectivity index (χ1v) is 35.0. The summed E-state index contributed by atoms with van der Waals surface area (Å²) in [5.74, 6) is 12.1. The molecule has 17 nitrogen and oxygen atoms in total. The highest BCUT2D eigenvalue weighted by Crippen LogP contribution is 2.49. The van der Waals surface area contributed by atoms with E-state index in [1.54, 1.807) is 10.9 Å². The summed E-state index contributed by atoms with van der Waals surface area (Å²) in [6, 6.07) is 1.21. The minimum absolute atomic E-state index is 0.0324. The fraction of sp³-hybridized carbons (Fsp3) is 0.723. The summed E-state index contributed by atoms with van der Waals surface area (Å²) in [6.07, 6.45) is -2.65. The molecular weight excluding hydrogens is 935 g/mol. The van der Waals surface area contributed by atoms with Crippen LogP contribution in [0.2, 0.25) is 72.5 Å². The zero-order chi connectivity index (χ0) is 51.6. The first-order valence-electron chi connectivity index (χ1n) is 23.4. The Kier molecular flexibility index (Phi) is 15.3. The van der Waals surface area contributed by atoms with Gasteiger partial charge in [-0.15, -0.1) is 0 Å². The van der Waals surface area contributed by atoms with Gasteiger partial charge in [-0.3, -0.25) is 18.9 Å². The molecule has 0 aliphatic carbocycles. The van der Waals surface area contributed by atoms with Gasteiger partial charge in [0, 0.05) is 12.3 Å². The van der Waals surface area contributed by atoms with Crippen LogP contribution in [0.5, 0.6) is 0 Å². The van der Waals surface area contributed by atoms with Gasteiger partial charge >= 0.3 is 5.69 Å². The monoisotopic (exact) mass is 1010 g/mol. The van der Waals surface area contributed by atoms with E-state index in [1.807, 2.05) is 13.1 Å². The van der Waals surface area contributed by atoms with Gasteiger partial charge in [0.05, 0.1) is 19.5 Å². The number of fused-ring (bicyclic) bond motifs is 1. The molecule has 378 valence electrons. The summed E-state index contributed by atoms with van der Waals surface area (Å²) in [5, 5.41) is 25.5. The molecule has 2 aliphatic rings. The topological polar surface area (TPSA) is 220 Å². The standard InChI is InChI=1S/C47H79N7O10Si4/c1-42(2,3)65(13,14)59-27-31-46(57,35(63-67(17,18)44(7,8)9)39(61-31)53-26-23-33(55)52-41(53)56)24-21-22-25-47(58)32(28-60-66(15,16)43(4,5)6)62-40(36(47)64-68(19,20)45(10,11)12)54-30-51-34-37(48)49-29-50-38(34)54/h23,26,29-32,35-36,39-40,57-58H,27-28H2,1-20H3,(H2,48,49,50)(H,52,55,56)/t31-,32-,35+,36+,39-,40-,46-,47-/m1/s1. The lowest BCUT2D eigenvalue weighted by atomic mass is 9.92. The fourth-order valence-corrected chi connectivity index (χ4v) is 11.4. The number of nitrogen functional groups attached to an aromatic ring is 1. The smallest absolute Gasteiger partial charge is 0.330 e. The molecular formula is C47H79N7O10Si4. The molecule has 0 bridgehead atoms. The van der Waals surface area contributed by atoms with Crippen LogP contribution in [0.1, 0.15) is 95.5 Å². The second-order valence-corrected chi connectivity index (χ2v) is 43.7. The largest absolute Gasteiger partial charge is 0.414 e. The Morgan fingerprint density at radius 2 is 1.09 bits per heavy atom. The van der Waals surface area contributed by atoms with Gasteiger partial charge in [0.2, 0.25) is 0 Å². The number of H-pyrrole nitrogens is 1. The molecule has 3 aromatic rings. The van der Waals surface area contributed by atoms with Gasteiger partial charge in [0.1, 0.15) is 36.3 Å². The summed E-state index contributed by atoms with van der Waals surface area (Å²) in [6.45, 7) is 41.7. The molecule has 2 saturated heterocycles. The van der Waals surface area contributed by atoms with Crippen molar-refractivity contribution in [3.63, 3.8) is 0 Å². The van der Waals surface area contributed by atoms with Crippen molar-refractivity contribution in [3.05, 3.63) is 45.8 Å². The highest BCUT2D eigenvalue weighted by molar-refractivity contribution is 6.75. The van der Waals surface area contributed by atoms with E-state index in [4.69, 9.17) is 32.9 Å². The van der Waals surface area contributed by atoms with E-state index in [0.717, 1.165) is 0 Å². The minimum atomic E-state index is -2.78. The van der Waals surface area contributed by atoms with Gasteiger partial charge in [-0.25, -0.2) is 19.7 Å². The molecule has 0 unspecified atom stereocenters. The van der Waals surface area contributed by atoms with Crippen molar-refractivity contribution in [2.45, 2.75) is 204 Å². The number of rotatable bonds is 12. The zero-order valence-corrected chi connectivity index (χ0v) is 48.2. The van der Waals surface area contributed by atoms with Crippen molar-refractivity contribution in [3.8, 4) is 23.7 Å². The number of aromatic nitrogens is 6. The molecule has 68 heavy (non-hydrogen) atoms. The number of nitrogens with zero attached hydrogens (tertiary/aromatic N) is 5. The van der Waals surface area contributed by atoms with E-state index in [0.29, 0.717) is 11.2 Å². The van der Waals surface area contributed by atoms with Gasteiger partial charge in [0.25, 0.3) is 5.56 Å². The number of anilines is 1. The van der Waals surface area contributed by atoms with Crippen LogP contribution in [-0.2, 0) is 27.2 Å². The zero-order valence-electron chi connectivity index (χ0n) is 44.2. The third kappa shape index (κ3) is 10.9. The number of hydrogen-bond donors (Lipinski definition) is 4. The lowest BCUT2D eigenvalue weighted by Crippen LogP contribution is -2.56. The predicted octanol–water partition coefficient (Wildman–Crippen LogP) is 7.05. The van der Waals surface area contributed by atoms with Crippen LogP contribution in [0.3, 0.4) is 0 Å². The summed E-state index contributed by atoms with van der Waals surface area (Å²) >= 11 is 0. The van der Waals surface area contributed by atoms with Gasteiger partial charge in [-0.1, -0.05) is 83.1 Å². The van der Waals surface area contributed by atoms with Crippen molar-refractivity contribution in [2.75, 3.05) is 18.9 Å². The van der Waals surface area contributed by atoms with Gasteiger partial charge in [0.15, 0.2) is 68.4 Å². The Hall–Kier alpha value is -3.30. The van der Waals surface area contributed by atoms with Crippen molar-refractivity contribution >= 4 is 50.3 Å². The maximum Gasteiger partial charge on any atom is 0.330 e. The van der Waals surface area contributed by atoms with Crippen LogP contribution in [0.15, 0.2) is 34.5 Å². The Labute approximate surface area is 407 Å². The van der Waals surface area contributed by atoms with E-state index >= 15 is 0 Å². The number of ether oxygens (including phenoxy) is 2. The van der Waals surface area contributed by atoms with Crippen LogP contribution < -0.4 is 17.0 Å². The molecule has 0 radical (unpaired) electrons. The molecule has 3 aromatic heterocycles. The minimum Gasteiger partial charge on any atom is -0.414 e. The molecule has 8 atom stereocenters. The molecule has 5 heterocycles. The van der Waals surface area contributed by atoms with E-state index in [2.05, 4.69) is 166 Å². The van der Waals surface area contributed by atoms with Crippen LogP contribution in [0.4, 0.5) is 5.82 Å². The Balaban J connectivity index is 1.74. The Bertz CT molecular complexity index is 2560. The second kappa shape index (κ2) is 18.7. The van der Waals surface area contributed by atoms with Gasteiger partial charge in [-0.05, 0) is 96.2 Å². The first kappa shape index (κ1) is 55.6. The van der Waals surface area contributed by atoms with Crippen molar-refractivity contribution in [1.29, 1.82) is 0 Å². The van der Waals surface area contributed by atoms with Gasteiger partial charge in [-0.2, -0.15) is 0 Å². The van der Waals surface area contributed by atoms with E-state index in [1.165, 1.54) is 23.2 Å². The highest BCUT2D eigenvalue weighted by atomic mass is 28.4. The molecule has 2 fully saturated rings. The first-order chi connectivity index (χ1) is 30.7. The molecule has 5 N–H and O–H groups in total. The van der Waals surface area contributed by atoms with E-state index < -0.39 is 92.6 Å². The SMILES string of the molecule is CC(C)(C)[Si](C)(C)OC[C@H]1O[C@@H](n2ccc(=O)[nH]c2=O)[C@H](O[Si](C)(C)C(C)(C)C)[C@@]1(O)C#CC#C[C@@]1(O)[C@@H](CO[Si](C)(C)C(C)(C)C)O[C@@H](n2cnc3c(N)ncnc32)[C@@H]1O[Si](C)(C)C(C)(C)C. The number of nitrogens with two attached hydrogens (primary N) is 1. The Morgan fingerprint density at radius 1 is 0.676 bits per heavy atom. The van der Waals surface area contributed by atoms with Crippen molar-refractivity contribution in [1.82, 2.24) is 29.1 Å². The average Bonchev–Trinajstić information content (AvgIpc) is 3.80. The summed E-state index contributed by atoms with van der Waals surface area (Å²) in [5.41, 5.74) is 1.45. The normalized spacial score (nSPS) is 26.7. The number of aliphatic hydroxyl groups is 2. The molecule has 0 aromatic carbocycles. The van der Waals surface area contributed by atoms with Crippen LogP contribution in [0, 0.1) is 23.7 Å². The lowest BCUT2D eigenvalue weighted by molar-refractivity contribution is -0.0598. The number of hydrogen-bond acceptors (Lipinski definition) is 14.